The minimum absolute atomic E-state index is 0.683. The zero-order valence-corrected chi connectivity index (χ0v) is 14.1. The predicted octanol–water partition coefficient (Wildman–Crippen LogP) is 3.85. The first-order chi connectivity index (χ1) is 9.90. The highest BCUT2D eigenvalue weighted by Crippen LogP contribution is 2.20. The Balaban J connectivity index is 2.21. The summed E-state index contributed by atoms with van der Waals surface area (Å²) >= 11 is 0. The van der Waals surface area contributed by atoms with Crippen LogP contribution in [0.1, 0.15) is 41.9 Å². The molecule has 0 bridgehead atoms. The van der Waals surface area contributed by atoms with E-state index in [0.717, 1.165) is 18.8 Å². The average molecular weight is 285 g/mol. The van der Waals surface area contributed by atoms with Crippen LogP contribution in [0.25, 0.3) is 5.69 Å². The van der Waals surface area contributed by atoms with Crippen molar-refractivity contribution in [2.75, 3.05) is 6.54 Å². The Morgan fingerprint density at radius 2 is 1.86 bits per heavy atom. The molecule has 0 fully saturated rings. The maximum absolute atomic E-state index is 4.66. The summed E-state index contributed by atoms with van der Waals surface area (Å²) in [7, 11) is 0. The van der Waals surface area contributed by atoms with Gasteiger partial charge in [0.1, 0.15) is 0 Å². The molecule has 0 saturated heterocycles. The molecule has 2 aromatic rings. The minimum Gasteiger partial charge on any atom is -0.312 e. The van der Waals surface area contributed by atoms with Crippen molar-refractivity contribution in [2.24, 2.45) is 5.92 Å². The molecule has 21 heavy (non-hydrogen) atoms. The van der Waals surface area contributed by atoms with E-state index in [4.69, 9.17) is 0 Å². The molecule has 0 aliphatic heterocycles. The van der Waals surface area contributed by atoms with Crippen LogP contribution in [-0.2, 0) is 6.54 Å². The molecule has 0 spiro atoms. The Labute approximate surface area is 128 Å². The van der Waals surface area contributed by atoms with Gasteiger partial charge in [-0.05, 0) is 62.9 Å². The van der Waals surface area contributed by atoms with Crippen molar-refractivity contribution >= 4 is 0 Å². The van der Waals surface area contributed by atoms with E-state index in [1.807, 2.05) is 0 Å². The highest BCUT2D eigenvalue weighted by molar-refractivity contribution is 5.44. The average Bonchev–Trinajstić information content (AvgIpc) is 2.66. The highest BCUT2D eigenvalue weighted by atomic mass is 15.3. The fourth-order valence-corrected chi connectivity index (χ4v) is 2.53. The molecule has 0 radical (unpaired) electrons. The van der Waals surface area contributed by atoms with Crippen LogP contribution in [0, 0.1) is 33.6 Å². The van der Waals surface area contributed by atoms with Crippen LogP contribution < -0.4 is 5.32 Å². The summed E-state index contributed by atoms with van der Waals surface area (Å²) in [5, 5.41) is 8.15. The lowest BCUT2D eigenvalue weighted by Crippen LogP contribution is -2.19. The topological polar surface area (TPSA) is 29.9 Å². The standard InChI is InChI=1S/C18H27N3/c1-12(2)10-19-11-17-7-8-18(13(3)9-17)21-16(6)14(4)15(5)20-21/h7-9,12,19H,10-11H2,1-6H3. The van der Waals surface area contributed by atoms with Crippen LogP contribution in [-0.4, -0.2) is 16.3 Å². The Kier molecular flexibility index (Phi) is 4.84. The van der Waals surface area contributed by atoms with E-state index in [9.17, 15) is 0 Å². The van der Waals surface area contributed by atoms with Crippen molar-refractivity contribution in [2.45, 2.75) is 48.1 Å². The number of aryl methyl sites for hydroxylation is 2. The third kappa shape index (κ3) is 3.53. The summed E-state index contributed by atoms with van der Waals surface area (Å²) in [5.41, 5.74) is 7.38. The summed E-state index contributed by atoms with van der Waals surface area (Å²) in [6.07, 6.45) is 0. The van der Waals surface area contributed by atoms with Crippen LogP contribution in [0.5, 0.6) is 0 Å². The van der Waals surface area contributed by atoms with Gasteiger partial charge < -0.3 is 5.32 Å². The third-order valence-electron chi connectivity index (χ3n) is 4.02. The monoisotopic (exact) mass is 285 g/mol. The van der Waals surface area contributed by atoms with E-state index >= 15 is 0 Å². The van der Waals surface area contributed by atoms with Crippen molar-refractivity contribution in [3.63, 3.8) is 0 Å². The van der Waals surface area contributed by atoms with Gasteiger partial charge in [0, 0.05) is 12.2 Å². The van der Waals surface area contributed by atoms with Crippen molar-refractivity contribution < 1.29 is 0 Å². The second kappa shape index (κ2) is 6.44. The number of hydrogen-bond acceptors (Lipinski definition) is 2. The van der Waals surface area contributed by atoms with Gasteiger partial charge in [0.05, 0.1) is 11.4 Å². The van der Waals surface area contributed by atoms with Crippen molar-refractivity contribution in [3.8, 4) is 5.69 Å². The second-order valence-corrected chi connectivity index (χ2v) is 6.35. The molecule has 2 rings (SSSR count). The predicted molar refractivity (Wildman–Crippen MR) is 89.1 cm³/mol. The van der Waals surface area contributed by atoms with E-state index in [-0.39, 0.29) is 0 Å². The van der Waals surface area contributed by atoms with Gasteiger partial charge in [0.15, 0.2) is 0 Å². The van der Waals surface area contributed by atoms with Crippen molar-refractivity contribution in [3.05, 3.63) is 46.3 Å². The first kappa shape index (κ1) is 15.8. The number of nitrogens with zero attached hydrogens (tertiary/aromatic N) is 2. The molecule has 0 atom stereocenters. The molecule has 0 saturated carbocycles. The summed E-state index contributed by atoms with van der Waals surface area (Å²) in [6, 6.07) is 6.64. The Bertz CT molecular complexity index is 624. The molecule has 1 heterocycles. The lowest BCUT2D eigenvalue weighted by molar-refractivity contribution is 0.552. The van der Waals surface area contributed by atoms with E-state index in [1.165, 1.54) is 28.1 Å². The summed E-state index contributed by atoms with van der Waals surface area (Å²) in [4.78, 5) is 0. The number of benzene rings is 1. The van der Waals surface area contributed by atoms with Crippen molar-refractivity contribution in [1.82, 2.24) is 15.1 Å². The van der Waals surface area contributed by atoms with E-state index in [0.29, 0.717) is 5.92 Å². The second-order valence-electron chi connectivity index (χ2n) is 6.35. The zero-order chi connectivity index (χ0) is 15.6. The van der Waals surface area contributed by atoms with Gasteiger partial charge in [-0.25, -0.2) is 4.68 Å². The quantitative estimate of drug-likeness (QED) is 0.904. The smallest absolute Gasteiger partial charge is 0.0678 e. The molecule has 114 valence electrons. The molecule has 0 aliphatic rings. The normalized spacial score (nSPS) is 11.4. The van der Waals surface area contributed by atoms with Gasteiger partial charge in [-0.3, -0.25) is 0 Å². The van der Waals surface area contributed by atoms with Crippen LogP contribution in [0.2, 0.25) is 0 Å². The minimum atomic E-state index is 0.683. The zero-order valence-electron chi connectivity index (χ0n) is 14.1. The molecule has 3 heteroatoms. The van der Waals surface area contributed by atoms with Crippen LogP contribution in [0.4, 0.5) is 0 Å². The molecule has 0 aliphatic carbocycles. The van der Waals surface area contributed by atoms with E-state index < -0.39 is 0 Å². The van der Waals surface area contributed by atoms with Gasteiger partial charge >= 0.3 is 0 Å². The molecule has 1 N–H and O–H groups in total. The fraction of sp³-hybridized carbons (Fsp3) is 0.500. The van der Waals surface area contributed by atoms with Crippen LogP contribution in [0.3, 0.4) is 0 Å². The summed E-state index contributed by atoms with van der Waals surface area (Å²) < 4.78 is 2.06. The molecular weight excluding hydrogens is 258 g/mol. The first-order valence-corrected chi connectivity index (χ1v) is 7.73. The van der Waals surface area contributed by atoms with E-state index in [2.05, 4.69) is 74.8 Å². The maximum Gasteiger partial charge on any atom is 0.0678 e. The van der Waals surface area contributed by atoms with Gasteiger partial charge in [-0.2, -0.15) is 5.10 Å². The van der Waals surface area contributed by atoms with Gasteiger partial charge in [0.2, 0.25) is 0 Å². The molecule has 0 unspecified atom stereocenters. The number of rotatable bonds is 5. The molecule has 1 aromatic heterocycles. The van der Waals surface area contributed by atoms with Crippen LogP contribution >= 0.6 is 0 Å². The maximum atomic E-state index is 4.66. The fourth-order valence-electron chi connectivity index (χ4n) is 2.53. The number of nitrogens with one attached hydrogen (secondary N) is 1. The summed E-state index contributed by atoms with van der Waals surface area (Å²) in [6.45, 7) is 14.9. The van der Waals surface area contributed by atoms with Gasteiger partial charge in [-0.1, -0.05) is 26.0 Å². The largest absolute Gasteiger partial charge is 0.312 e. The number of aromatic nitrogens is 2. The lowest BCUT2D eigenvalue weighted by atomic mass is 10.1. The molecule has 0 amide bonds. The van der Waals surface area contributed by atoms with Gasteiger partial charge in [-0.15, -0.1) is 0 Å². The Morgan fingerprint density at radius 3 is 2.38 bits per heavy atom. The third-order valence-corrected chi connectivity index (χ3v) is 4.02. The molecular formula is C18H27N3. The Hall–Kier alpha value is -1.61. The first-order valence-electron chi connectivity index (χ1n) is 7.73. The number of hydrogen-bond donors (Lipinski definition) is 1. The Morgan fingerprint density at radius 1 is 1.14 bits per heavy atom. The van der Waals surface area contributed by atoms with Gasteiger partial charge in [0.25, 0.3) is 0 Å². The van der Waals surface area contributed by atoms with E-state index in [1.54, 1.807) is 0 Å². The lowest BCUT2D eigenvalue weighted by Gasteiger charge is -2.12. The molecule has 1 aromatic carbocycles. The van der Waals surface area contributed by atoms with Crippen molar-refractivity contribution in [1.29, 1.82) is 0 Å². The highest BCUT2D eigenvalue weighted by Gasteiger charge is 2.11. The SMILES string of the molecule is Cc1cc(CNCC(C)C)ccc1-n1nc(C)c(C)c1C. The summed E-state index contributed by atoms with van der Waals surface area (Å²) in [5.74, 6) is 0.683. The van der Waals surface area contributed by atoms with Crippen LogP contribution in [0.15, 0.2) is 18.2 Å². The molecule has 3 nitrogen and oxygen atoms in total.